The average molecular weight is 327 g/mol. The first-order chi connectivity index (χ1) is 10.9. The van der Waals surface area contributed by atoms with Crippen LogP contribution in [-0.4, -0.2) is 59.4 Å². The SMILES string of the molecule is O=[N+]([O-])c1ccc(N2CCN(CC3(F)CC(O)C3)CC2)c(F)c1. The molecule has 1 aromatic carbocycles. The number of aliphatic hydroxyl groups excluding tert-OH is 1. The third kappa shape index (κ3) is 3.42. The second-order valence-electron chi connectivity index (χ2n) is 6.37. The van der Waals surface area contributed by atoms with Crippen molar-refractivity contribution in [2.75, 3.05) is 37.6 Å². The van der Waals surface area contributed by atoms with Crippen LogP contribution in [0.3, 0.4) is 0 Å². The Morgan fingerprint density at radius 1 is 1.30 bits per heavy atom. The van der Waals surface area contributed by atoms with Gasteiger partial charge in [-0.1, -0.05) is 0 Å². The molecule has 0 atom stereocenters. The van der Waals surface area contributed by atoms with Gasteiger partial charge in [0.05, 0.1) is 22.8 Å². The predicted molar refractivity (Wildman–Crippen MR) is 80.8 cm³/mol. The number of alkyl halides is 1. The number of aliphatic hydroxyl groups is 1. The van der Waals surface area contributed by atoms with Crippen LogP contribution in [0.15, 0.2) is 18.2 Å². The number of nitro groups is 1. The molecule has 1 aliphatic heterocycles. The third-order valence-electron chi connectivity index (χ3n) is 4.56. The Morgan fingerprint density at radius 3 is 2.48 bits per heavy atom. The van der Waals surface area contributed by atoms with Crippen molar-refractivity contribution in [2.24, 2.45) is 0 Å². The number of non-ortho nitro benzene ring substituents is 1. The molecule has 0 radical (unpaired) electrons. The quantitative estimate of drug-likeness (QED) is 0.673. The molecule has 126 valence electrons. The van der Waals surface area contributed by atoms with Crippen molar-refractivity contribution in [3.63, 3.8) is 0 Å². The fraction of sp³-hybridized carbons (Fsp3) is 0.600. The fourth-order valence-electron chi connectivity index (χ4n) is 3.33. The van der Waals surface area contributed by atoms with Gasteiger partial charge in [-0.25, -0.2) is 8.78 Å². The van der Waals surface area contributed by atoms with Crippen LogP contribution in [0.1, 0.15) is 12.8 Å². The summed E-state index contributed by atoms with van der Waals surface area (Å²) < 4.78 is 28.2. The summed E-state index contributed by atoms with van der Waals surface area (Å²) in [6.07, 6.45) is -0.163. The lowest BCUT2D eigenvalue weighted by Crippen LogP contribution is -2.55. The lowest BCUT2D eigenvalue weighted by Gasteiger charge is -2.44. The molecule has 1 saturated heterocycles. The van der Waals surface area contributed by atoms with Crippen molar-refractivity contribution in [1.29, 1.82) is 0 Å². The maximum atomic E-state index is 14.2. The molecular weight excluding hydrogens is 308 g/mol. The molecule has 0 aromatic heterocycles. The number of piperazine rings is 1. The summed E-state index contributed by atoms with van der Waals surface area (Å²) in [5.41, 5.74) is -1.24. The van der Waals surface area contributed by atoms with Crippen molar-refractivity contribution >= 4 is 11.4 Å². The largest absolute Gasteiger partial charge is 0.393 e. The summed E-state index contributed by atoms with van der Waals surface area (Å²) in [6, 6.07) is 3.63. The number of hydrogen-bond donors (Lipinski definition) is 1. The van der Waals surface area contributed by atoms with Crippen molar-refractivity contribution in [2.45, 2.75) is 24.6 Å². The van der Waals surface area contributed by atoms with E-state index in [4.69, 9.17) is 0 Å². The predicted octanol–water partition coefficient (Wildman–Crippen LogP) is 1.72. The van der Waals surface area contributed by atoms with Gasteiger partial charge in [-0.3, -0.25) is 15.0 Å². The molecule has 0 spiro atoms. The molecule has 23 heavy (non-hydrogen) atoms. The summed E-state index contributed by atoms with van der Waals surface area (Å²) >= 11 is 0. The highest BCUT2D eigenvalue weighted by atomic mass is 19.1. The highest BCUT2D eigenvalue weighted by Gasteiger charge is 2.45. The van der Waals surface area contributed by atoms with Gasteiger partial charge in [-0.2, -0.15) is 0 Å². The number of hydrogen-bond acceptors (Lipinski definition) is 5. The van der Waals surface area contributed by atoms with Crippen LogP contribution >= 0.6 is 0 Å². The van der Waals surface area contributed by atoms with Gasteiger partial charge in [0.15, 0.2) is 5.82 Å². The van der Waals surface area contributed by atoms with Crippen LogP contribution in [0.4, 0.5) is 20.2 Å². The van der Waals surface area contributed by atoms with E-state index in [0.717, 1.165) is 6.07 Å². The molecule has 2 aliphatic rings. The van der Waals surface area contributed by atoms with Gasteiger partial charge in [0.25, 0.3) is 5.69 Å². The molecule has 8 heteroatoms. The number of nitrogens with zero attached hydrogens (tertiary/aromatic N) is 3. The van der Waals surface area contributed by atoms with Crippen LogP contribution in [0.25, 0.3) is 0 Å². The summed E-state index contributed by atoms with van der Waals surface area (Å²) in [4.78, 5) is 13.8. The standard InChI is InChI=1S/C15H19F2N3O3/c16-13-7-11(20(22)23)1-2-14(13)19-5-3-18(4-6-19)10-15(17)8-12(21)9-15/h1-2,7,12,21H,3-6,8-10H2. The minimum absolute atomic E-state index is 0.185. The van der Waals surface area contributed by atoms with Crippen molar-refractivity contribution in [1.82, 2.24) is 4.90 Å². The second-order valence-corrected chi connectivity index (χ2v) is 6.37. The third-order valence-corrected chi connectivity index (χ3v) is 4.56. The lowest BCUT2D eigenvalue weighted by atomic mass is 9.79. The van der Waals surface area contributed by atoms with E-state index in [1.807, 2.05) is 9.80 Å². The van der Waals surface area contributed by atoms with Gasteiger partial charge in [-0.15, -0.1) is 0 Å². The maximum Gasteiger partial charge on any atom is 0.272 e. The summed E-state index contributed by atoms with van der Waals surface area (Å²) in [5, 5.41) is 19.9. The molecule has 0 bridgehead atoms. The minimum atomic E-state index is -1.31. The van der Waals surface area contributed by atoms with Crippen LogP contribution in [-0.2, 0) is 0 Å². The van der Waals surface area contributed by atoms with Crippen LogP contribution in [0.2, 0.25) is 0 Å². The molecule has 1 aliphatic carbocycles. The van der Waals surface area contributed by atoms with Gasteiger partial charge in [0.1, 0.15) is 5.67 Å². The molecule has 1 heterocycles. The Kier molecular flexibility index (Phi) is 4.20. The Bertz CT molecular complexity index is 600. The fourth-order valence-corrected chi connectivity index (χ4v) is 3.33. The van der Waals surface area contributed by atoms with Gasteiger partial charge < -0.3 is 10.0 Å². The first-order valence-electron chi connectivity index (χ1n) is 7.64. The molecule has 1 aromatic rings. The summed E-state index contributed by atoms with van der Waals surface area (Å²) in [6.45, 7) is 2.55. The first kappa shape index (κ1) is 16.1. The molecule has 0 unspecified atom stereocenters. The smallest absolute Gasteiger partial charge is 0.272 e. The van der Waals surface area contributed by atoms with Crippen LogP contribution in [0.5, 0.6) is 0 Å². The number of rotatable bonds is 4. The number of anilines is 1. The number of nitro benzene ring substituents is 1. The van der Waals surface area contributed by atoms with E-state index in [1.54, 1.807) is 0 Å². The van der Waals surface area contributed by atoms with E-state index in [9.17, 15) is 24.0 Å². The van der Waals surface area contributed by atoms with Gasteiger partial charge in [0, 0.05) is 51.6 Å². The van der Waals surface area contributed by atoms with Crippen LogP contribution in [0, 0.1) is 15.9 Å². The molecule has 1 N–H and O–H groups in total. The van der Waals surface area contributed by atoms with E-state index in [2.05, 4.69) is 0 Å². The zero-order valence-electron chi connectivity index (χ0n) is 12.6. The van der Waals surface area contributed by atoms with Crippen LogP contribution < -0.4 is 4.90 Å². The normalized spacial score (nSPS) is 28.5. The second kappa shape index (κ2) is 6.01. The minimum Gasteiger partial charge on any atom is -0.393 e. The van der Waals surface area contributed by atoms with E-state index in [-0.39, 0.29) is 18.5 Å². The maximum absolute atomic E-state index is 14.2. The summed E-state index contributed by atoms with van der Waals surface area (Å²) in [5.74, 6) is -0.614. The number of halogens is 2. The van der Waals surface area contributed by atoms with E-state index in [0.29, 0.717) is 38.4 Å². The summed E-state index contributed by atoms with van der Waals surface area (Å²) in [7, 11) is 0. The van der Waals surface area contributed by atoms with Crippen molar-refractivity contribution in [3.8, 4) is 0 Å². The molecule has 2 fully saturated rings. The topological polar surface area (TPSA) is 69.9 Å². The zero-order valence-corrected chi connectivity index (χ0v) is 12.6. The molecule has 3 rings (SSSR count). The zero-order chi connectivity index (χ0) is 16.6. The van der Waals surface area contributed by atoms with Gasteiger partial charge >= 0.3 is 0 Å². The highest BCUT2D eigenvalue weighted by Crippen LogP contribution is 2.37. The Labute approximate surface area is 132 Å². The van der Waals surface area contributed by atoms with Gasteiger partial charge in [0.2, 0.25) is 0 Å². The first-order valence-corrected chi connectivity index (χ1v) is 7.64. The molecule has 6 nitrogen and oxygen atoms in total. The Balaban J connectivity index is 1.58. The Hall–Kier alpha value is -1.80. The van der Waals surface area contributed by atoms with Crippen molar-refractivity contribution < 1.29 is 18.8 Å². The lowest BCUT2D eigenvalue weighted by molar-refractivity contribution is -0.385. The Morgan fingerprint density at radius 2 is 1.96 bits per heavy atom. The number of benzene rings is 1. The molecule has 0 amide bonds. The average Bonchev–Trinajstić information content (AvgIpc) is 2.46. The monoisotopic (exact) mass is 327 g/mol. The molecule has 1 saturated carbocycles. The van der Waals surface area contributed by atoms with E-state index in [1.165, 1.54) is 12.1 Å². The highest BCUT2D eigenvalue weighted by molar-refractivity contribution is 5.52. The molecular formula is C15H19F2N3O3. The van der Waals surface area contributed by atoms with Crippen molar-refractivity contribution in [3.05, 3.63) is 34.1 Å². The van der Waals surface area contributed by atoms with E-state index < -0.39 is 22.5 Å². The van der Waals surface area contributed by atoms with E-state index >= 15 is 0 Å². The van der Waals surface area contributed by atoms with Gasteiger partial charge in [-0.05, 0) is 6.07 Å².